The fraction of sp³-hybridized carbons (Fsp3) is 0.667. The maximum atomic E-state index is 7.32. The summed E-state index contributed by atoms with van der Waals surface area (Å²) in [6, 6.07) is 1.75. The van der Waals surface area contributed by atoms with E-state index in [1.165, 1.54) is 6.92 Å². The Kier molecular flexibility index (Phi) is 73.4. The Morgan fingerprint density at radius 1 is 1.57 bits per heavy atom. The van der Waals surface area contributed by atoms with Crippen LogP contribution < -0.4 is 0 Å². The lowest BCUT2D eigenvalue weighted by molar-refractivity contribution is 1.49. The Morgan fingerprint density at radius 3 is 1.57 bits per heavy atom. The molecule has 1 nitrogen and oxygen atoms in total. The van der Waals surface area contributed by atoms with Gasteiger partial charge >= 0.3 is 0 Å². The Labute approximate surface area is 59.6 Å². The number of alkyl halides is 2. The molecule has 0 bridgehead atoms. The minimum atomic E-state index is 0. The molecule has 0 spiro atoms. The zero-order valence-corrected chi connectivity index (χ0v) is 6.15. The van der Waals surface area contributed by atoms with Crippen molar-refractivity contribution in [3.05, 3.63) is 0 Å². The molecule has 0 aromatic rings. The smallest absolute Gasteiger partial charge is 0.0967 e. The zero-order chi connectivity index (χ0) is 5.41. The SMILES string of the molecule is CC#N.Cl.ClCCl. The molecule has 0 aliphatic rings. The predicted octanol–water partition coefficient (Wildman–Crippen LogP) is 2.37. The van der Waals surface area contributed by atoms with Crippen LogP contribution in [0, 0.1) is 11.3 Å². The summed E-state index contributed by atoms with van der Waals surface area (Å²) in [6.45, 7) is 1.43. The molecule has 7 heavy (non-hydrogen) atoms. The second-order valence-corrected chi connectivity index (χ2v) is 1.13. The third-order valence-electron chi connectivity index (χ3n) is 0. The minimum Gasteiger partial charge on any atom is -0.199 e. The largest absolute Gasteiger partial charge is 0.199 e. The molecule has 0 aliphatic heterocycles. The highest BCUT2D eigenvalue weighted by Crippen LogP contribution is 1.73. The van der Waals surface area contributed by atoms with Gasteiger partial charge in [-0.1, -0.05) is 0 Å². The van der Waals surface area contributed by atoms with Crippen molar-refractivity contribution in [2.75, 3.05) is 5.34 Å². The average Bonchev–Trinajstić information content (AvgIpc) is 1.39. The third-order valence-corrected chi connectivity index (χ3v) is 0. The molecular formula is C3H6Cl3N. The van der Waals surface area contributed by atoms with Crippen molar-refractivity contribution in [1.82, 2.24) is 0 Å². The van der Waals surface area contributed by atoms with Gasteiger partial charge in [0.1, 0.15) is 0 Å². The van der Waals surface area contributed by atoms with E-state index in [9.17, 15) is 0 Å². The van der Waals surface area contributed by atoms with Gasteiger partial charge < -0.3 is 0 Å². The van der Waals surface area contributed by atoms with Crippen molar-refractivity contribution in [3.8, 4) is 6.07 Å². The lowest BCUT2D eigenvalue weighted by atomic mass is 11.0. The molecule has 0 saturated heterocycles. The van der Waals surface area contributed by atoms with Gasteiger partial charge in [0.2, 0.25) is 0 Å². The van der Waals surface area contributed by atoms with E-state index in [1.807, 2.05) is 0 Å². The molecule has 0 rings (SSSR count). The van der Waals surface area contributed by atoms with Crippen molar-refractivity contribution in [3.63, 3.8) is 0 Å². The molecule has 0 N–H and O–H groups in total. The molecule has 0 aliphatic carbocycles. The number of nitrogens with zero attached hydrogens (tertiary/aromatic N) is 1. The molecule has 4 heteroatoms. The summed E-state index contributed by atoms with van der Waals surface area (Å²) in [4.78, 5) is 0. The van der Waals surface area contributed by atoms with Gasteiger partial charge in [-0.2, -0.15) is 5.26 Å². The lowest BCUT2D eigenvalue weighted by Gasteiger charge is -1.42. The summed E-state index contributed by atoms with van der Waals surface area (Å²) in [7, 11) is 0. The molecule has 0 heterocycles. The van der Waals surface area contributed by atoms with Gasteiger partial charge in [0.05, 0.1) is 11.4 Å². The molecule has 0 unspecified atom stereocenters. The topological polar surface area (TPSA) is 23.8 Å². The summed E-state index contributed by atoms with van der Waals surface area (Å²) in [6.07, 6.45) is 0. The molecule has 0 aromatic carbocycles. The zero-order valence-electron chi connectivity index (χ0n) is 3.82. The molecule has 0 saturated carbocycles. The number of nitriles is 1. The van der Waals surface area contributed by atoms with Crippen LogP contribution >= 0.6 is 35.6 Å². The van der Waals surface area contributed by atoms with E-state index in [0.717, 1.165) is 0 Å². The van der Waals surface area contributed by atoms with Gasteiger partial charge in [-0.05, 0) is 0 Å². The van der Waals surface area contributed by atoms with E-state index in [-0.39, 0.29) is 17.7 Å². The molecule has 44 valence electrons. The van der Waals surface area contributed by atoms with Crippen molar-refractivity contribution < 1.29 is 0 Å². The van der Waals surface area contributed by atoms with Crippen LogP contribution in [0.1, 0.15) is 6.92 Å². The number of rotatable bonds is 0. The highest BCUT2D eigenvalue weighted by molar-refractivity contribution is 6.40. The second-order valence-electron chi connectivity index (χ2n) is 0.325. The van der Waals surface area contributed by atoms with Crippen molar-refractivity contribution >= 4 is 35.6 Å². The monoisotopic (exact) mass is 161 g/mol. The van der Waals surface area contributed by atoms with Crippen molar-refractivity contribution in [2.24, 2.45) is 0 Å². The van der Waals surface area contributed by atoms with Crippen LogP contribution in [0.2, 0.25) is 0 Å². The number of hydrogen-bond acceptors (Lipinski definition) is 1. The molecule has 0 radical (unpaired) electrons. The molecule has 0 amide bonds. The van der Waals surface area contributed by atoms with E-state index < -0.39 is 0 Å². The fourth-order valence-corrected chi connectivity index (χ4v) is 0. The summed E-state index contributed by atoms with van der Waals surface area (Å²) in [5.74, 6) is 0. The number of halogens is 3. The van der Waals surface area contributed by atoms with E-state index in [2.05, 4.69) is 0 Å². The fourth-order valence-electron chi connectivity index (χ4n) is 0. The Bertz CT molecular complexity index is 39.9. The predicted molar refractivity (Wildman–Crippen MR) is 35.1 cm³/mol. The molecule has 0 fully saturated rings. The summed E-state index contributed by atoms with van der Waals surface area (Å²) in [5.41, 5.74) is 0. The maximum Gasteiger partial charge on any atom is 0.0967 e. The van der Waals surface area contributed by atoms with Crippen LogP contribution in [-0.4, -0.2) is 5.34 Å². The molecule has 0 atom stereocenters. The van der Waals surface area contributed by atoms with Crippen LogP contribution in [0.15, 0.2) is 0 Å². The van der Waals surface area contributed by atoms with Gasteiger partial charge in [-0.25, -0.2) is 0 Å². The quantitative estimate of drug-likeness (QED) is 0.502. The normalized spacial score (nSPS) is 3.71. The summed E-state index contributed by atoms with van der Waals surface area (Å²) < 4.78 is 0. The van der Waals surface area contributed by atoms with Crippen LogP contribution in [0.25, 0.3) is 0 Å². The first-order valence-corrected chi connectivity index (χ1v) is 2.33. The maximum absolute atomic E-state index is 7.32. The first-order valence-electron chi connectivity index (χ1n) is 1.26. The van der Waals surface area contributed by atoms with Crippen molar-refractivity contribution in [1.29, 1.82) is 5.26 Å². The van der Waals surface area contributed by atoms with Crippen molar-refractivity contribution in [2.45, 2.75) is 6.92 Å². The van der Waals surface area contributed by atoms with E-state index in [0.29, 0.717) is 0 Å². The molecule has 0 aromatic heterocycles. The van der Waals surface area contributed by atoms with Gasteiger partial charge in [0.15, 0.2) is 0 Å². The summed E-state index contributed by atoms with van der Waals surface area (Å²) in [5, 5.41) is 7.51. The first-order chi connectivity index (χ1) is 2.83. The van der Waals surface area contributed by atoms with Crippen LogP contribution in [0.5, 0.6) is 0 Å². The van der Waals surface area contributed by atoms with E-state index >= 15 is 0 Å². The van der Waals surface area contributed by atoms with Gasteiger partial charge in [0.25, 0.3) is 0 Å². The highest BCUT2D eigenvalue weighted by Gasteiger charge is 1.41. The molecular weight excluding hydrogens is 156 g/mol. The van der Waals surface area contributed by atoms with Crippen LogP contribution in [0.4, 0.5) is 0 Å². The van der Waals surface area contributed by atoms with Crippen LogP contribution in [0.3, 0.4) is 0 Å². The number of hydrogen-bond donors (Lipinski definition) is 0. The minimum absolute atomic E-state index is 0. The van der Waals surface area contributed by atoms with Gasteiger partial charge in [0, 0.05) is 6.92 Å². The lowest BCUT2D eigenvalue weighted by Crippen LogP contribution is -1.24. The first kappa shape index (κ1) is 15.7. The average molecular weight is 162 g/mol. The van der Waals surface area contributed by atoms with Gasteiger partial charge in [-0.3, -0.25) is 0 Å². The Morgan fingerprint density at radius 2 is 1.57 bits per heavy atom. The third kappa shape index (κ3) is 933. The standard InChI is InChI=1S/C2H3N.CH2Cl2.ClH/c1-2-3;2-1-3;/h1H3;1H2;1H. The highest BCUT2D eigenvalue weighted by atomic mass is 35.5. The summed E-state index contributed by atoms with van der Waals surface area (Å²) >= 11 is 9.53. The Hall–Kier alpha value is 0.360. The van der Waals surface area contributed by atoms with E-state index in [1.54, 1.807) is 6.07 Å². The van der Waals surface area contributed by atoms with E-state index in [4.69, 9.17) is 28.5 Å². The second kappa shape index (κ2) is 32.8. The van der Waals surface area contributed by atoms with Gasteiger partial charge in [-0.15, -0.1) is 35.6 Å². The van der Waals surface area contributed by atoms with Crippen LogP contribution in [-0.2, 0) is 0 Å². The Balaban J connectivity index is -0.0000000400.